The van der Waals surface area contributed by atoms with Crippen molar-refractivity contribution in [2.24, 2.45) is 5.73 Å². The minimum Gasteiger partial charge on any atom is -0.482 e. The Morgan fingerprint density at radius 1 is 1.47 bits per heavy atom. The van der Waals surface area contributed by atoms with Crippen LogP contribution < -0.4 is 15.4 Å². The fourth-order valence-electron chi connectivity index (χ4n) is 2.10. The fourth-order valence-corrected chi connectivity index (χ4v) is 2.10. The fraction of sp³-hybridized carbons (Fsp3) is 0.462. The topological polar surface area (TPSA) is 55.6 Å². The van der Waals surface area contributed by atoms with Crippen molar-refractivity contribution in [1.82, 2.24) is 0 Å². The van der Waals surface area contributed by atoms with Crippen LogP contribution in [0.15, 0.2) is 18.2 Å². The number of amides is 1. The van der Waals surface area contributed by atoms with Crippen molar-refractivity contribution < 1.29 is 9.53 Å². The van der Waals surface area contributed by atoms with Gasteiger partial charge in [0.2, 0.25) is 0 Å². The molecule has 4 nitrogen and oxygen atoms in total. The van der Waals surface area contributed by atoms with Crippen LogP contribution in [0.4, 0.5) is 5.69 Å². The zero-order valence-corrected chi connectivity index (χ0v) is 10.3. The van der Waals surface area contributed by atoms with Crippen LogP contribution >= 0.6 is 0 Å². The van der Waals surface area contributed by atoms with Crippen LogP contribution in [0.3, 0.4) is 0 Å². The average molecular weight is 234 g/mol. The molecule has 17 heavy (non-hydrogen) atoms. The van der Waals surface area contributed by atoms with Gasteiger partial charge in [0, 0.05) is 6.04 Å². The van der Waals surface area contributed by atoms with Gasteiger partial charge in [-0.3, -0.25) is 4.79 Å². The van der Waals surface area contributed by atoms with E-state index in [0.29, 0.717) is 6.54 Å². The molecule has 1 aromatic rings. The normalized spacial score (nSPS) is 14.8. The van der Waals surface area contributed by atoms with Crippen LogP contribution in [0.25, 0.3) is 0 Å². The van der Waals surface area contributed by atoms with Gasteiger partial charge in [0.25, 0.3) is 5.91 Å². The van der Waals surface area contributed by atoms with Crippen LogP contribution in [-0.2, 0) is 11.2 Å². The van der Waals surface area contributed by atoms with E-state index in [0.717, 1.165) is 23.4 Å². The Labute approximate surface area is 101 Å². The van der Waals surface area contributed by atoms with Crippen molar-refractivity contribution in [2.75, 3.05) is 18.1 Å². The number of nitrogens with zero attached hydrogens (tertiary/aromatic N) is 1. The lowest BCUT2D eigenvalue weighted by Crippen LogP contribution is -2.43. The number of nitrogens with two attached hydrogens (primary N) is 1. The van der Waals surface area contributed by atoms with E-state index < -0.39 is 0 Å². The number of hydrogen-bond acceptors (Lipinski definition) is 3. The quantitative estimate of drug-likeness (QED) is 0.858. The Hall–Kier alpha value is -1.55. The van der Waals surface area contributed by atoms with E-state index in [-0.39, 0.29) is 18.6 Å². The maximum absolute atomic E-state index is 11.8. The molecular formula is C13H18N2O2. The first-order chi connectivity index (χ1) is 8.13. The molecule has 92 valence electrons. The maximum Gasteiger partial charge on any atom is 0.265 e. The molecule has 1 aromatic carbocycles. The molecule has 2 N–H and O–H groups in total. The standard InChI is InChI=1S/C13H18N2O2/c1-9(2)15-11-7-10(5-6-14)3-4-12(11)17-8-13(15)16/h3-4,7,9H,5-6,8,14H2,1-2H3. The van der Waals surface area contributed by atoms with E-state index in [4.69, 9.17) is 10.5 Å². The van der Waals surface area contributed by atoms with Crippen LogP contribution in [0.2, 0.25) is 0 Å². The zero-order valence-electron chi connectivity index (χ0n) is 10.3. The predicted octanol–water partition coefficient (Wildman–Crippen LogP) is 1.32. The van der Waals surface area contributed by atoms with Gasteiger partial charge in [0.1, 0.15) is 5.75 Å². The molecule has 0 spiro atoms. The molecule has 0 saturated heterocycles. The molecule has 0 atom stereocenters. The second-order valence-corrected chi connectivity index (χ2v) is 4.49. The number of rotatable bonds is 3. The maximum atomic E-state index is 11.8. The summed E-state index contributed by atoms with van der Waals surface area (Å²) in [6.45, 7) is 4.74. The second-order valence-electron chi connectivity index (χ2n) is 4.49. The van der Waals surface area contributed by atoms with Crippen molar-refractivity contribution in [1.29, 1.82) is 0 Å². The number of carbonyl (C=O) groups is 1. The largest absolute Gasteiger partial charge is 0.482 e. The Bertz CT molecular complexity index is 429. The molecule has 1 aliphatic rings. The van der Waals surface area contributed by atoms with Gasteiger partial charge in [0.05, 0.1) is 5.69 Å². The number of fused-ring (bicyclic) bond motifs is 1. The van der Waals surface area contributed by atoms with Crippen LogP contribution in [0.1, 0.15) is 19.4 Å². The van der Waals surface area contributed by atoms with Crippen LogP contribution in [0, 0.1) is 0 Å². The van der Waals surface area contributed by atoms with E-state index in [1.807, 2.05) is 32.0 Å². The first-order valence-electron chi connectivity index (χ1n) is 5.91. The van der Waals surface area contributed by atoms with Gasteiger partial charge in [-0.25, -0.2) is 0 Å². The molecule has 0 saturated carbocycles. The van der Waals surface area contributed by atoms with Crippen molar-refractivity contribution >= 4 is 11.6 Å². The summed E-state index contributed by atoms with van der Waals surface area (Å²) >= 11 is 0. The Balaban J connectivity index is 2.41. The van der Waals surface area contributed by atoms with Gasteiger partial charge < -0.3 is 15.4 Å². The van der Waals surface area contributed by atoms with E-state index in [1.165, 1.54) is 0 Å². The minimum absolute atomic E-state index is 0.0115. The number of carbonyl (C=O) groups excluding carboxylic acids is 1. The van der Waals surface area contributed by atoms with Gasteiger partial charge in [-0.05, 0) is 44.5 Å². The lowest BCUT2D eigenvalue weighted by molar-refractivity contribution is -0.121. The first-order valence-corrected chi connectivity index (χ1v) is 5.91. The number of benzene rings is 1. The molecule has 1 heterocycles. The summed E-state index contributed by atoms with van der Waals surface area (Å²) < 4.78 is 5.43. The molecule has 0 aliphatic carbocycles. The number of hydrogen-bond donors (Lipinski definition) is 1. The minimum atomic E-state index is 0.0115. The Morgan fingerprint density at radius 2 is 2.24 bits per heavy atom. The van der Waals surface area contributed by atoms with E-state index in [2.05, 4.69) is 0 Å². The third-order valence-corrected chi connectivity index (χ3v) is 2.85. The SMILES string of the molecule is CC(C)N1C(=O)COc2ccc(CCN)cc21. The monoisotopic (exact) mass is 234 g/mol. The zero-order chi connectivity index (χ0) is 12.4. The summed E-state index contributed by atoms with van der Waals surface area (Å²) in [4.78, 5) is 13.6. The first kappa shape index (κ1) is 11.9. The average Bonchev–Trinajstić information content (AvgIpc) is 2.28. The van der Waals surface area contributed by atoms with Crippen LogP contribution in [0.5, 0.6) is 5.75 Å². The van der Waals surface area contributed by atoms with Gasteiger partial charge in [-0.2, -0.15) is 0 Å². The summed E-state index contributed by atoms with van der Waals surface area (Å²) in [6, 6.07) is 6.06. The molecule has 1 aliphatic heterocycles. The highest BCUT2D eigenvalue weighted by Crippen LogP contribution is 2.34. The molecule has 0 radical (unpaired) electrons. The summed E-state index contributed by atoms with van der Waals surface area (Å²) in [7, 11) is 0. The Morgan fingerprint density at radius 3 is 2.88 bits per heavy atom. The lowest BCUT2D eigenvalue weighted by atomic mass is 10.1. The lowest BCUT2D eigenvalue weighted by Gasteiger charge is -2.32. The van der Waals surface area contributed by atoms with Gasteiger partial charge >= 0.3 is 0 Å². The van der Waals surface area contributed by atoms with Gasteiger partial charge in [-0.1, -0.05) is 6.07 Å². The molecule has 4 heteroatoms. The smallest absolute Gasteiger partial charge is 0.265 e. The van der Waals surface area contributed by atoms with Crippen molar-refractivity contribution in [3.05, 3.63) is 23.8 Å². The predicted molar refractivity (Wildman–Crippen MR) is 67.3 cm³/mol. The summed E-state index contributed by atoms with van der Waals surface area (Å²) in [5.74, 6) is 0.788. The van der Waals surface area contributed by atoms with Crippen molar-refractivity contribution in [3.8, 4) is 5.75 Å². The van der Waals surface area contributed by atoms with E-state index in [1.54, 1.807) is 4.90 Å². The molecule has 0 fully saturated rings. The molecule has 1 amide bonds. The van der Waals surface area contributed by atoms with E-state index >= 15 is 0 Å². The van der Waals surface area contributed by atoms with Gasteiger partial charge in [0.15, 0.2) is 6.61 Å². The molecular weight excluding hydrogens is 216 g/mol. The number of anilines is 1. The Kier molecular flexibility index (Phi) is 3.33. The third-order valence-electron chi connectivity index (χ3n) is 2.85. The molecule has 0 aromatic heterocycles. The third kappa shape index (κ3) is 2.26. The van der Waals surface area contributed by atoms with E-state index in [9.17, 15) is 4.79 Å². The van der Waals surface area contributed by atoms with Gasteiger partial charge in [-0.15, -0.1) is 0 Å². The molecule has 0 unspecified atom stereocenters. The summed E-state index contributed by atoms with van der Waals surface area (Å²) in [5.41, 5.74) is 7.54. The summed E-state index contributed by atoms with van der Waals surface area (Å²) in [5, 5.41) is 0. The van der Waals surface area contributed by atoms with Crippen molar-refractivity contribution in [2.45, 2.75) is 26.3 Å². The highest BCUT2D eigenvalue weighted by atomic mass is 16.5. The highest BCUT2D eigenvalue weighted by Gasteiger charge is 2.27. The summed E-state index contributed by atoms with van der Waals surface area (Å²) in [6.07, 6.45) is 0.813. The number of ether oxygens (including phenoxy) is 1. The molecule has 2 rings (SSSR count). The second kappa shape index (κ2) is 4.75. The highest BCUT2D eigenvalue weighted by molar-refractivity contribution is 5.98. The van der Waals surface area contributed by atoms with Crippen molar-refractivity contribution in [3.63, 3.8) is 0 Å². The molecule has 0 bridgehead atoms. The van der Waals surface area contributed by atoms with Crippen LogP contribution in [-0.4, -0.2) is 25.1 Å².